The van der Waals surface area contributed by atoms with Crippen LogP contribution in [0.5, 0.6) is 5.75 Å². The maximum atomic E-state index is 13.2. The van der Waals surface area contributed by atoms with Crippen molar-refractivity contribution in [2.45, 2.75) is 45.9 Å². The number of rotatable bonds is 3. The molecule has 138 valence electrons. The number of hydrogen-bond acceptors (Lipinski definition) is 4. The maximum absolute atomic E-state index is 13.2. The fraction of sp³-hybridized carbons (Fsp3) is 0.500. The van der Waals surface area contributed by atoms with Crippen molar-refractivity contribution in [3.63, 3.8) is 0 Å². The lowest BCUT2D eigenvalue weighted by Crippen LogP contribution is -2.41. The summed E-state index contributed by atoms with van der Waals surface area (Å²) in [5, 5.41) is 14.1. The van der Waals surface area contributed by atoms with Crippen molar-refractivity contribution in [2.24, 2.45) is 5.92 Å². The summed E-state index contributed by atoms with van der Waals surface area (Å²) in [7, 11) is 0. The second-order valence-corrected chi connectivity index (χ2v) is 7.00. The molecule has 6 nitrogen and oxygen atoms in total. The molecular weight excluding hydrogens is 330 g/mol. The van der Waals surface area contributed by atoms with Crippen LogP contribution in [0.4, 0.5) is 0 Å². The number of para-hydroxylation sites is 1. The SMILES string of the molecule is CCn1nc(CO)c2c1CCN(C(=O)[C@@H]1CCOc3ccccc3C1)C2. The fourth-order valence-electron chi connectivity index (χ4n) is 4.10. The van der Waals surface area contributed by atoms with Crippen LogP contribution in [0.2, 0.25) is 0 Å². The number of aliphatic hydroxyl groups is 1. The normalized spacial score (nSPS) is 19.3. The Bertz CT molecular complexity index is 815. The van der Waals surface area contributed by atoms with Gasteiger partial charge in [-0.25, -0.2) is 0 Å². The summed E-state index contributed by atoms with van der Waals surface area (Å²) in [6.45, 7) is 4.58. The van der Waals surface area contributed by atoms with Gasteiger partial charge >= 0.3 is 0 Å². The number of aliphatic hydroxyl groups excluding tert-OH is 1. The molecule has 0 unspecified atom stereocenters. The van der Waals surface area contributed by atoms with E-state index in [1.807, 2.05) is 33.8 Å². The first-order valence-electron chi connectivity index (χ1n) is 9.39. The van der Waals surface area contributed by atoms with Crippen LogP contribution >= 0.6 is 0 Å². The Morgan fingerprint density at radius 1 is 1.38 bits per heavy atom. The molecule has 1 atom stereocenters. The molecule has 0 bridgehead atoms. The number of nitrogens with zero attached hydrogens (tertiary/aromatic N) is 3. The first-order valence-corrected chi connectivity index (χ1v) is 9.39. The first kappa shape index (κ1) is 17.1. The minimum atomic E-state index is -0.0813. The predicted molar refractivity (Wildman–Crippen MR) is 96.7 cm³/mol. The van der Waals surface area contributed by atoms with Crippen molar-refractivity contribution in [1.29, 1.82) is 0 Å². The Balaban J connectivity index is 1.54. The van der Waals surface area contributed by atoms with Crippen LogP contribution in [0.3, 0.4) is 0 Å². The molecule has 6 heteroatoms. The molecule has 4 rings (SSSR count). The van der Waals surface area contributed by atoms with Crippen molar-refractivity contribution in [1.82, 2.24) is 14.7 Å². The molecular formula is C20H25N3O3. The largest absolute Gasteiger partial charge is 0.493 e. The summed E-state index contributed by atoms with van der Waals surface area (Å²) in [6.07, 6.45) is 2.25. The number of carbonyl (C=O) groups is 1. The third-order valence-electron chi connectivity index (χ3n) is 5.49. The lowest BCUT2D eigenvalue weighted by atomic mass is 9.94. The third-order valence-corrected chi connectivity index (χ3v) is 5.49. The van der Waals surface area contributed by atoms with E-state index in [1.165, 1.54) is 0 Å². The summed E-state index contributed by atoms with van der Waals surface area (Å²) in [5.74, 6) is 1.03. The average molecular weight is 355 g/mol. The van der Waals surface area contributed by atoms with Gasteiger partial charge in [0.05, 0.1) is 18.9 Å². The average Bonchev–Trinajstić information content (AvgIpc) is 2.89. The second kappa shape index (κ2) is 7.11. The van der Waals surface area contributed by atoms with E-state index in [0.29, 0.717) is 25.4 Å². The molecule has 2 aliphatic heterocycles. The van der Waals surface area contributed by atoms with E-state index in [4.69, 9.17) is 4.74 Å². The van der Waals surface area contributed by atoms with Crippen molar-refractivity contribution in [3.8, 4) is 5.75 Å². The molecule has 3 heterocycles. The maximum Gasteiger partial charge on any atom is 0.226 e. The van der Waals surface area contributed by atoms with E-state index < -0.39 is 0 Å². The number of amides is 1. The fourth-order valence-corrected chi connectivity index (χ4v) is 4.10. The van der Waals surface area contributed by atoms with Gasteiger partial charge in [0.2, 0.25) is 5.91 Å². The molecule has 2 aromatic rings. The van der Waals surface area contributed by atoms with Crippen LogP contribution in [0.15, 0.2) is 24.3 Å². The monoisotopic (exact) mass is 355 g/mol. The van der Waals surface area contributed by atoms with E-state index in [2.05, 4.69) is 12.0 Å². The Hall–Kier alpha value is -2.34. The molecule has 0 spiro atoms. The van der Waals surface area contributed by atoms with E-state index in [1.54, 1.807) is 0 Å². The van der Waals surface area contributed by atoms with E-state index in [9.17, 15) is 9.90 Å². The summed E-state index contributed by atoms with van der Waals surface area (Å²) in [6, 6.07) is 7.98. The molecule has 1 aromatic carbocycles. The van der Waals surface area contributed by atoms with Gasteiger partial charge in [0.15, 0.2) is 0 Å². The van der Waals surface area contributed by atoms with Gasteiger partial charge in [-0.05, 0) is 31.4 Å². The van der Waals surface area contributed by atoms with Gasteiger partial charge in [-0.2, -0.15) is 5.10 Å². The molecule has 1 N–H and O–H groups in total. The van der Waals surface area contributed by atoms with Crippen molar-refractivity contribution >= 4 is 5.91 Å². The van der Waals surface area contributed by atoms with Gasteiger partial charge in [0, 0.05) is 43.2 Å². The van der Waals surface area contributed by atoms with Crippen LogP contribution < -0.4 is 4.74 Å². The summed E-state index contributed by atoms with van der Waals surface area (Å²) < 4.78 is 7.77. The number of hydrogen-bond donors (Lipinski definition) is 1. The molecule has 0 saturated carbocycles. The molecule has 0 saturated heterocycles. The highest BCUT2D eigenvalue weighted by Crippen LogP contribution is 2.30. The molecule has 1 aromatic heterocycles. The Labute approximate surface area is 153 Å². The summed E-state index contributed by atoms with van der Waals surface area (Å²) >= 11 is 0. The number of benzene rings is 1. The van der Waals surface area contributed by atoms with Crippen molar-refractivity contribution < 1.29 is 14.6 Å². The summed E-state index contributed by atoms with van der Waals surface area (Å²) in [5.41, 5.74) is 4.00. The predicted octanol–water partition coefficient (Wildman–Crippen LogP) is 1.92. The first-order chi connectivity index (χ1) is 12.7. The number of carbonyl (C=O) groups excluding carboxylic acids is 1. The quantitative estimate of drug-likeness (QED) is 0.913. The van der Waals surface area contributed by atoms with Gasteiger partial charge in [-0.1, -0.05) is 18.2 Å². The van der Waals surface area contributed by atoms with Crippen molar-refractivity contribution in [2.75, 3.05) is 13.2 Å². The third kappa shape index (κ3) is 2.98. The summed E-state index contributed by atoms with van der Waals surface area (Å²) in [4.78, 5) is 15.1. The molecule has 0 radical (unpaired) electrons. The zero-order chi connectivity index (χ0) is 18.1. The molecule has 0 aliphatic carbocycles. The minimum absolute atomic E-state index is 0.0565. The zero-order valence-electron chi connectivity index (χ0n) is 15.1. The Kier molecular flexibility index (Phi) is 4.68. The highest BCUT2D eigenvalue weighted by molar-refractivity contribution is 5.79. The zero-order valence-corrected chi connectivity index (χ0v) is 15.1. The van der Waals surface area contributed by atoms with Crippen molar-refractivity contribution in [3.05, 3.63) is 46.8 Å². The van der Waals surface area contributed by atoms with Gasteiger partial charge in [0.1, 0.15) is 5.75 Å². The van der Waals surface area contributed by atoms with Gasteiger partial charge in [-0.3, -0.25) is 9.48 Å². The number of aromatic nitrogens is 2. The number of ether oxygens (including phenoxy) is 1. The Morgan fingerprint density at radius 3 is 3.04 bits per heavy atom. The highest BCUT2D eigenvalue weighted by Gasteiger charge is 2.32. The number of fused-ring (bicyclic) bond motifs is 2. The van der Waals surface area contributed by atoms with Crippen LogP contribution in [-0.4, -0.2) is 38.8 Å². The van der Waals surface area contributed by atoms with Crippen LogP contribution in [0, 0.1) is 5.92 Å². The van der Waals surface area contributed by atoms with E-state index >= 15 is 0 Å². The van der Waals surface area contributed by atoms with Gasteiger partial charge in [0.25, 0.3) is 0 Å². The standard InChI is InChI=1S/C20H25N3O3/c1-2-23-18-7-9-22(12-16(18)17(13-24)21-23)20(25)15-8-10-26-19-6-4-3-5-14(19)11-15/h3-6,15,24H,2,7-13H2,1H3/t15-/m1/s1. The van der Waals surface area contributed by atoms with E-state index in [-0.39, 0.29) is 18.4 Å². The molecule has 0 fully saturated rings. The van der Waals surface area contributed by atoms with Gasteiger partial charge < -0.3 is 14.7 Å². The molecule has 26 heavy (non-hydrogen) atoms. The second-order valence-electron chi connectivity index (χ2n) is 7.00. The van der Waals surface area contributed by atoms with Crippen LogP contribution in [0.1, 0.15) is 35.9 Å². The molecule has 1 amide bonds. The highest BCUT2D eigenvalue weighted by atomic mass is 16.5. The van der Waals surface area contributed by atoms with Crippen LogP contribution in [-0.2, 0) is 37.3 Å². The Morgan fingerprint density at radius 2 is 2.23 bits per heavy atom. The molecule has 2 aliphatic rings. The lowest BCUT2D eigenvalue weighted by molar-refractivity contribution is -0.136. The van der Waals surface area contributed by atoms with Crippen LogP contribution in [0.25, 0.3) is 0 Å². The minimum Gasteiger partial charge on any atom is -0.493 e. The smallest absolute Gasteiger partial charge is 0.226 e. The topological polar surface area (TPSA) is 67.6 Å². The van der Waals surface area contributed by atoms with E-state index in [0.717, 1.165) is 48.4 Å². The number of aryl methyl sites for hydroxylation is 1. The lowest BCUT2D eigenvalue weighted by Gasteiger charge is -2.30. The van der Waals surface area contributed by atoms with Gasteiger partial charge in [-0.15, -0.1) is 0 Å².